The summed E-state index contributed by atoms with van der Waals surface area (Å²) in [4.78, 5) is 0. The van der Waals surface area contributed by atoms with Gasteiger partial charge in [-0.3, -0.25) is 4.68 Å². The van der Waals surface area contributed by atoms with E-state index in [2.05, 4.69) is 25.1 Å². The molecule has 1 aromatic heterocycles. The first-order chi connectivity index (χ1) is 5.11. The standard InChI is InChI=1S/C9H13N2/c1-9(2)5-4-7-6-10-11(3)8(7)9/h4-5H2,1-3H3. The highest BCUT2D eigenvalue weighted by Gasteiger charge is 2.33. The molecule has 0 spiro atoms. The van der Waals surface area contributed by atoms with Crippen molar-refractivity contribution in [3.8, 4) is 0 Å². The Balaban J connectivity index is 2.60. The summed E-state index contributed by atoms with van der Waals surface area (Å²) >= 11 is 0. The Morgan fingerprint density at radius 3 is 2.91 bits per heavy atom. The van der Waals surface area contributed by atoms with Gasteiger partial charge in [-0.05, 0) is 12.8 Å². The van der Waals surface area contributed by atoms with Crippen LogP contribution in [-0.2, 0) is 18.9 Å². The van der Waals surface area contributed by atoms with E-state index in [1.165, 1.54) is 17.7 Å². The Labute approximate surface area is 67.2 Å². The zero-order chi connectivity index (χ0) is 8.06. The summed E-state index contributed by atoms with van der Waals surface area (Å²) < 4.78 is 1.96. The van der Waals surface area contributed by atoms with E-state index in [0.717, 1.165) is 6.42 Å². The van der Waals surface area contributed by atoms with E-state index in [0.29, 0.717) is 5.41 Å². The Bertz CT molecular complexity index is 284. The zero-order valence-electron chi connectivity index (χ0n) is 7.31. The first-order valence-electron chi connectivity index (χ1n) is 4.05. The highest BCUT2D eigenvalue weighted by atomic mass is 15.3. The normalized spacial score (nSPS) is 20.3. The van der Waals surface area contributed by atoms with E-state index in [-0.39, 0.29) is 0 Å². The van der Waals surface area contributed by atoms with Crippen molar-refractivity contribution in [3.05, 3.63) is 17.5 Å². The summed E-state index contributed by atoms with van der Waals surface area (Å²) in [5.74, 6) is 0. The SMILES string of the molecule is Cn1n[c]c2c1C(C)(C)CC2. The van der Waals surface area contributed by atoms with Gasteiger partial charge in [0.05, 0.1) is 0 Å². The predicted octanol–water partition coefficient (Wildman–Crippen LogP) is 1.44. The van der Waals surface area contributed by atoms with Crippen molar-refractivity contribution in [3.63, 3.8) is 0 Å². The average molecular weight is 149 g/mol. The molecule has 1 radical (unpaired) electrons. The maximum Gasteiger partial charge on any atom is 0.116 e. The second kappa shape index (κ2) is 1.87. The summed E-state index contributed by atoms with van der Waals surface area (Å²) in [5.41, 5.74) is 3.01. The van der Waals surface area contributed by atoms with Gasteiger partial charge >= 0.3 is 0 Å². The summed E-state index contributed by atoms with van der Waals surface area (Å²) in [5, 5.41) is 4.13. The molecule has 1 heterocycles. The van der Waals surface area contributed by atoms with Crippen LogP contribution < -0.4 is 0 Å². The summed E-state index contributed by atoms with van der Waals surface area (Å²) in [7, 11) is 2.00. The second-order valence-electron chi connectivity index (χ2n) is 3.95. The van der Waals surface area contributed by atoms with Crippen molar-refractivity contribution >= 4 is 0 Å². The fraction of sp³-hybridized carbons (Fsp3) is 0.667. The molecule has 0 atom stereocenters. The van der Waals surface area contributed by atoms with Crippen LogP contribution in [0.2, 0.25) is 0 Å². The van der Waals surface area contributed by atoms with Crippen molar-refractivity contribution in [2.45, 2.75) is 32.1 Å². The van der Waals surface area contributed by atoms with Gasteiger partial charge in [-0.2, -0.15) is 5.10 Å². The Hall–Kier alpha value is -0.790. The fourth-order valence-electron chi connectivity index (χ4n) is 2.01. The van der Waals surface area contributed by atoms with Gasteiger partial charge in [0, 0.05) is 23.7 Å². The van der Waals surface area contributed by atoms with Crippen LogP contribution in [0.4, 0.5) is 0 Å². The average Bonchev–Trinajstić information content (AvgIpc) is 2.38. The van der Waals surface area contributed by atoms with Crippen molar-refractivity contribution in [1.29, 1.82) is 0 Å². The maximum absolute atomic E-state index is 4.13. The Morgan fingerprint density at radius 2 is 2.27 bits per heavy atom. The number of nitrogens with zero attached hydrogens (tertiary/aromatic N) is 2. The first kappa shape index (κ1) is 6.89. The van der Waals surface area contributed by atoms with Crippen molar-refractivity contribution < 1.29 is 0 Å². The Morgan fingerprint density at radius 1 is 1.55 bits per heavy atom. The smallest absolute Gasteiger partial charge is 0.116 e. The van der Waals surface area contributed by atoms with E-state index in [4.69, 9.17) is 0 Å². The van der Waals surface area contributed by atoms with Crippen molar-refractivity contribution in [2.24, 2.45) is 7.05 Å². The predicted molar refractivity (Wildman–Crippen MR) is 43.4 cm³/mol. The van der Waals surface area contributed by atoms with E-state index >= 15 is 0 Å². The lowest BCUT2D eigenvalue weighted by Crippen LogP contribution is -2.17. The molecule has 0 aliphatic heterocycles. The number of hydrogen-bond donors (Lipinski definition) is 0. The first-order valence-corrected chi connectivity index (χ1v) is 4.05. The molecule has 11 heavy (non-hydrogen) atoms. The van der Waals surface area contributed by atoms with E-state index in [1.807, 2.05) is 11.7 Å². The molecule has 2 rings (SSSR count). The lowest BCUT2D eigenvalue weighted by molar-refractivity contribution is 0.476. The quantitative estimate of drug-likeness (QED) is 0.546. The van der Waals surface area contributed by atoms with Gasteiger partial charge in [-0.25, -0.2) is 0 Å². The van der Waals surface area contributed by atoms with Crippen LogP contribution in [-0.4, -0.2) is 9.78 Å². The molecule has 1 aromatic rings. The minimum absolute atomic E-state index is 0.317. The lowest BCUT2D eigenvalue weighted by atomic mass is 9.91. The molecule has 0 saturated carbocycles. The van der Waals surface area contributed by atoms with Crippen LogP contribution in [0.25, 0.3) is 0 Å². The Kier molecular flexibility index (Phi) is 1.17. The number of hydrogen-bond acceptors (Lipinski definition) is 1. The van der Waals surface area contributed by atoms with Crippen molar-refractivity contribution in [2.75, 3.05) is 0 Å². The van der Waals surface area contributed by atoms with Gasteiger partial charge in [0.2, 0.25) is 0 Å². The largest absolute Gasteiger partial charge is 0.271 e. The molecular weight excluding hydrogens is 136 g/mol. The molecule has 0 fully saturated rings. The van der Waals surface area contributed by atoms with Crippen LogP contribution in [0.3, 0.4) is 0 Å². The highest BCUT2D eigenvalue weighted by Crippen LogP contribution is 2.37. The van der Waals surface area contributed by atoms with Gasteiger partial charge in [-0.1, -0.05) is 13.8 Å². The number of rotatable bonds is 0. The molecule has 0 unspecified atom stereocenters. The molecule has 0 N–H and O–H groups in total. The molecular formula is C9H13N2. The van der Waals surface area contributed by atoms with E-state index in [9.17, 15) is 0 Å². The fourth-order valence-corrected chi connectivity index (χ4v) is 2.01. The summed E-state index contributed by atoms with van der Waals surface area (Å²) in [6, 6.07) is 0. The number of fused-ring (bicyclic) bond motifs is 1. The van der Waals surface area contributed by atoms with Gasteiger partial charge in [0.1, 0.15) is 6.20 Å². The minimum Gasteiger partial charge on any atom is -0.271 e. The molecule has 0 aromatic carbocycles. The van der Waals surface area contributed by atoms with Gasteiger partial charge in [0.25, 0.3) is 0 Å². The van der Waals surface area contributed by atoms with Crippen LogP contribution in [0.5, 0.6) is 0 Å². The van der Waals surface area contributed by atoms with E-state index in [1.54, 1.807) is 0 Å². The minimum atomic E-state index is 0.317. The molecule has 1 aliphatic carbocycles. The third-order valence-corrected chi connectivity index (χ3v) is 2.59. The monoisotopic (exact) mass is 149 g/mol. The van der Waals surface area contributed by atoms with E-state index < -0.39 is 0 Å². The highest BCUT2D eigenvalue weighted by molar-refractivity contribution is 5.30. The topological polar surface area (TPSA) is 17.8 Å². The molecule has 0 amide bonds. The van der Waals surface area contributed by atoms with Crippen LogP contribution in [0, 0.1) is 6.20 Å². The zero-order valence-corrected chi connectivity index (χ0v) is 7.31. The molecule has 59 valence electrons. The third kappa shape index (κ3) is 0.817. The van der Waals surface area contributed by atoms with Gasteiger partial charge in [0.15, 0.2) is 0 Å². The molecule has 1 aliphatic rings. The lowest BCUT2D eigenvalue weighted by Gasteiger charge is -2.18. The van der Waals surface area contributed by atoms with Gasteiger partial charge < -0.3 is 0 Å². The van der Waals surface area contributed by atoms with Gasteiger partial charge in [-0.15, -0.1) is 0 Å². The van der Waals surface area contributed by atoms with Crippen LogP contribution in [0.1, 0.15) is 31.5 Å². The second-order valence-corrected chi connectivity index (χ2v) is 3.95. The summed E-state index contributed by atoms with van der Waals surface area (Å²) in [6.45, 7) is 4.54. The van der Waals surface area contributed by atoms with Crippen LogP contribution in [0.15, 0.2) is 0 Å². The third-order valence-electron chi connectivity index (χ3n) is 2.59. The number of aryl methyl sites for hydroxylation is 2. The molecule has 0 saturated heterocycles. The van der Waals surface area contributed by atoms with Crippen molar-refractivity contribution in [1.82, 2.24) is 9.78 Å². The summed E-state index contributed by atoms with van der Waals surface area (Å²) in [6.07, 6.45) is 5.44. The molecule has 0 bridgehead atoms. The number of aromatic nitrogens is 2. The molecule has 2 nitrogen and oxygen atoms in total. The van der Waals surface area contributed by atoms with Crippen LogP contribution >= 0.6 is 0 Å². The maximum atomic E-state index is 4.13. The molecule has 2 heteroatoms.